The Kier molecular flexibility index (Phi) is 6.02. The van der Waals surface area contributed by atoms with Crippen molar-refractivity contribution in [2.24, 2.45) is 0 Å². The predicted octanol–water partition coefficient (Wildman–Crippen LogP) is 4.72. The number of anilines is 1. The van der Waals surface area contributed by atoms with Crippen molar-refractivity contribution in [2.45, 2.75) is 13.3 Å². The standard InChI is InChI=1S/C21H17Cl2N5O2/c22-16-5-3-4-15(12-16)13-27-11-9-20(26-27)25-21(29)18-8-10-24-28(18)14-30-19-7-2-1-6-17(19)23/h1-12H,13-14H2,(H,25,26,29). The monoisotopic (exact) mass is 441 g/mol. The normalized spacial score (nSPS) is 10.7. The van der Waals surface area contributed by atoms with Crippen molar-refractivity contribution in [1.29, 1.82) is 0 Å². The lowest BCUT2D eigenvalue weighted by Crippen LogP contribution is -2.20. The topological polar surface area (TPSA) is 74.0 Å². The van der Waals surface area contributed by atoms with Gasteiger partial charge in [0.05, 0.1) is 11.6 Å². The Bertz CT molecular complexity index is 1170. The smallest absolute Gasteiger partial charge is 0.275 e. The third kappa shape index (κ3) is 4.82. The lowest BCUT2D eigenvalue weighted by molar-refractivity contribution is 0.100. The van der Waals surface area contributed by atoms with Crippen LogP contribution in [0.4, 0.5) is 5.82 Å². The van der Waals surface area contributed by atoms with Crippen molar-refractivity contribution in [1.82, 2.24) is 19.6 Å². The van der Waals surface area contributed by atoms with Crippen molar-refractivity contribution in [2.75, 3.05) is 5.32 Å². The van der Waals surface area contributed by atoms with Gasteiger partial charge in [-0.15, -0.1) is 0 Å². The van der Waals surface area contributed by atoms with Crippen LogP contribution in [0.15, 0.2) is 73.1 Å². The third-order valence-corrected chi connectivity index (χ3v) is 4.79. The molecule has 0 aliphatic heterocycles. The molecule has 1 N–H and O–H groups in total. The number of amides is 1. The molecule has 0 saturated heterocycles. The number of halogens is 2. The molecule has 4 rings (SSSR count). The molecule has 0 radical (unpaired) electrons. The highest BCUT2D eigenvalue weighted by molar-refractivity contribution is 6.32. The Morgan fingerprint density at radius 1 is 1.07 bits per heavy atom. The SMILES string of the molecule is O=C(Nc1ccn(Cc2cccc(Cl)c2)n1)c1ccnn1COc1ccccc1Cl. The lowest BCUT2D eigenvalue weighted by atomic mass is 10.2. The molecule has 2 aromatic carbocycles. The van der Waals surface area contributed by atoms with Gasteiger partial charge in [-0.2, -0.15) is 10.2 Å². The highest BCUT2D eigenvalue weighted by Gasteiger charge is 2.14. The molecule has 0 unspecified atom stereocenters. The van der Waals surface area contributed by atoms with Gasteiger partial charge in [-0.05, 0) is 35.9 Å². The Hall–Kier alpha value is -3.29. The zero-order valence-electron chi connectivity index (χ0n) is 15.7. The van der Waals surface area contributed by atoms with Gasteiger partial charge in [0.15, 0.2) is 12.5 Å². The first-order valence-electron chi connectivity index (χ1n) is 9.07. The second-order valence-corrected chi connectivity index (χ2v) is 7.25. The van der Waals surface area contributed by atoms with Crippen LogP contribution in [-0.4, -0.2) is 25.5 Å². The van der Waals surface area contributed by atoms with Gasteiger partial charge in [0.2, 0.25) is 0 Å². The number of rotatable bonds is 7. The van der Waals surface area contributed by atoms with Crippen LogP contribution in [0.3, 0.4) is 0 Å². The summed E-state index contributed by atoms with van der Waals surface area (Å²) in [6.07, 6.45) is 3.32. The van der Waals surface area contributed by atoms with E-state index in [1.807, 2.05) is 36.4 Å². The molecule has 2 aromatic heterocycles. The van der Waals surface area contributed by atoms with Crippen LogP contribution in [0.2, 0.25) is 10.0 Å². The summed E-state index contributed by atoms with van der Waals surface area (Å²) in [4.78, 5) is 12.7. The van der Waals surface area contributed by atoms with E-state index in [-0.39, 0.29) is 12.6 Å². The van der Waals surface area contributed by atoms with Crippen molar-refractivity contribution >= 4 is 34.9 Å². The Labute approximate surface area is 182 Å². The predicted molar refractivity (Wildman–Crippen MR) is 115 cm³/mol. The van der Waals surface area contributed by atoms with Gasteiger partial charge < -0.3 is 10.1 Å². The van der Waals surface area contributed by atoms with Crippen LogP contribution in [0.25, 0.3) is 0 Å². The van der Waals surface area contributed by atoms with Crippen LogP contribution >= 0.6 is 23.2 Å². The molecule has 2 heterocycles. The number of carbonyl (C=O) groups is 1. The molecule has 0 fully saturated rings. The summed E-state index contributed by atoms with van der Waals surface area (Å²) in [7, 11) is 0. The first-order valence-corrected chi connectivity index (χ1v) is 9.82. The molecule has 1 amide bonds. The quantitative estimate of drug-likeness (QED) is 0.450. The number of hydrogen-bond acceptors (Lipinski definition) is 4. The summed E-state index contributed by atoms with van der Waals surface area (Å²) in [5.74, 6) is 0.603. The Balaban J connectivity index is 1.40. The fourth-order valence-electron chi connectivity index (χ4n) is 2.84. The number of para-hydroxylation sites is 1. The molecule has 0 bridgehead atoms. The third-order valence-electron chi connectivity index (χ3n) is 4.24. The molecule has 0 spiro atoms. The molecule has 0 saturated carbocycles. The maximum atomic E-state index is 12.7. The van der Waals surface area contributed by atoms with E-state index in [2.05, 4.69) is 15.5 Å². The largest absolute Gasteiger partial charge is 0.470 e. The number of nitrogens with zero attached hydrogens (tertiary/aromatic N) is 4. The average Bonchev–Trinajstić information content (AvgIpc) is 3.37. The summed E-state index contributed by atoms with van der Waals surface area (Å²) >= 11 is 12.1. The number of ether oxygens (including phenoxy) is 1. The van der Waals surface area contributed by atoms with Gasteiger partial charge in [0, 0.05) is 23.5 Å². The van der Waals surface area contributed by atoms with Crippen molar-refractivity contribution in [3.63, 3.8) is 0 Å². The average molecular weight is 442 g/mol. The highest BCUT2D eigenvalue weighted by atomic mass is 35.5. The molecule has 0 aliphatic rings. The highest BCUT2D eigenvalue weighted by Crippen LogP contribution is 2.23. The molecule has 0 aliphatic carbocycles. The summed E-state index contributed by atoms with van der Waals surface area (Å²) in [5.41, 5.74) is 1.35. The van der Waals surface area contributed by atoms with E-state index in [1.165, 1.54) is 10.9 Å². The van der Waals surface area contributed by atoms with Gasteiger partial charge in [-0.3, -0.25) is 9.48 Å². The molecule has 0 atom stereocenters. The zero-order chi connectivity index (χ0) is 20.9. The van der Waals surface area contributed by atoms with Crippen molar-refractivity contribution in [3.05, 3.63) is 94.4 Å². The van der Waals surface area contributed by atoms with Crippen molar-refractivity contribution in [3.8, 4) is 5.75 Å². The zero-order valence-corrected chi connectivity index (χ0v) is 17.2. The number of benzene rings is 2. The van der Waals surface area contributed by atoms with E-state index >= 15 is 0 Å². The van der Waals surface area contributed by atoms with Gasteiger partial charge in [0.1, 0.15) is 11.4 Å². The molecule has 30 heavy (non-hydrogen) atoms. The molecule has 152 valence electrons. The van der Waals surface area contributed by atoms with E-state index in [9.17, 15) is 4.79 Å². The first-order chi connectivity index (χ1) is 14.6. The second kappa shape index (κ2) is 9.02. The molecular formula is C21H17Cl2N5O2. The number of hydrogen-bond donors (Lipinski definition) is 1. The van der Waals surface area contributed by atoms with Crippen LogP contribution in [0, 0.1) is 0 Å². The van der Waals surface area contributed by atoms with Crippen LogP contribution < -0.4 is 10.1 Å². The second-order valence-electron chi connectivity index (χ2n) is 6.40. The minimum atomic E-state index is -0.344. The van der Waals surface area contributed by atoms with Gasteiger partial charge >= 0.3 is 0 Å². The first kappa shape index (κ1) is 20.0. The molecular weight excluding hydrogens is 425 g/mol. The van der Waals surface area contributed by atoms with E-state index in [1.54, 1.807) is 35.1 Å². The van der Waals surface area contributed by atoms with Gasteiger partial charge in [0.25, 0.3) is 5.91 Å². The van der Waals surface area contributed by atoms with Gasteiger partial charge in [-0.1, -0.05) is 47.5 Å². The van der Waals surface area contributed by atoms with E-state index in [0.717, 1.165) is 5.56 Å². The molecule has 7 nitrogen and oxygen atoms in total. The van der Waals surface area contributed by atoms with E-state index in [4.69, 9.17) is 27.9 Å². The fraction of sp³-hybridized carbons (Fsp3) is 0.0952. The Morgan fingerprint density at radius 2 is 1.93 bits per heavy atom. The van der Waals surface area contributed by atoms with Gasteiger partial charge in [-0.25, -0.2) is 4.68 Å². The van der Waals surface area contributed by atoms with Crippen LogP contribution in [0.5, 0.6) is 5.75 Å². The summed E-state index contributed by atoms with van der Waals surface area (Å²) in [6.45, 7) is 0.586. The summed E-state index contributed by atoms with van der Waals surface area (Å²) < 4.78 is 8.83. The molecule has 9 heteroatoms. The summed E-state index contributed by atoms with van der Waals surface area (Å²) in [6, 6.07) is 18.0. The summed E-state index contributed by atoms with van der Waals surface area (Å²) in [5, 5.41) is 12.5. The van der Waals surface area contributed by atoms with E-state index in [0.29, 0.717) is 33.9 Å². The maximum Gasteiger partial charge on any atom is 0.275 e. The molecule has 4 aromatic rings. The Morgan fingerprint density at radius 3 is 2.77 bits per heavy atom. The minimum absolute atomic E-state index is 0.0443. The maximum absolute atomic E-state index is 12.7. The number of aromatic nitrogens is 4. The fourth-order valence-corrected chi connectivity index (χ4v) is 3.24. The number of nitrogens with one attached hydrogen (secondary N) is 1. The van der Waals surface area contributed by atoms with Crippen molar-refractivity contribution < 1.29 is 9.53 Å². The lowest BCUT2D eigenvalue weighted by Gasteiger charge is -2.10. The van der Waals surface area contributed by atoms with Crippen LogP contribution in [0.1, 0.15) is 16.1 Å². The minimum Gasteiger partial charge on any atom is -0.470 e. The van der Waals surface area contributed by atoms with E-state index < -0.39 is 0 Å². The number of carbonyl (C=O) groups excluding carboxylic acids is 1. The van der Waals surface area contributed by atoms with Crippen LogP contribution in [-0.2, 0) is 13.3 Å².